The van der Waals surface area contributed by atoms with Crippen molar-refractivity contribution in [3.63, 3.8) is 0 Å². The standard InChI is InChI=1S/C20H26N4O/c1-3-23-13-21-22-19(23)15-7-9-24(10-8-15)20(25)18-12-17(18)16-6-4-5-14(2)11-16/h4-6,11,13,15,17-18H,3,7-10,12H2,1-2H3/t17-,18+/m0/s1. The first-order chi connectivity index (χ1) is 12.2. The van der Waals surface area contributed by atoms with Gasteiger partial charge in [0.05, 0.1) is 0 Å². The number of piperidine rings is 1. The van der Waals surface area contributed by atoms with Crippen molar-refractivity contribution in [3.8, 4) is 0 Å². The first-order valence-corrected chi connectivity index (χ1v) is 9.40. The monoisotopic (exact) mass is 338 g/mol. The van der Waals surface area contributed by atoms with Crippen molar-refractivity contribution in [1.82, 2.24) is 19.7 Å². The van der Waals surface area contributed by atoms with Crippen molar-refractivity contribution < 1.29 is 4.79 Å². The summed E-state index contributed by atoms with van der Waals surface area (Å²) < 4.78 is 2.12. The van der Waals surface area contributed by atoms with E-state index in [0.29, 0.717) is 17.7 Å². The van der Waals surface area contributed by atoms with Gasteiger partial charge in [0.25, 0.3) is 0 Å². The van der Waals surface area contributed by atoms with Crippen LogP contribution in [0, 0.1) is 12.8 Å². The highest BCUT2D eigenvalue weighted by molar-refractivity contribution is 5.83. The Morgan fingerprint density at radius 2 is 2.08 bits per heavy atom. The van der Waals surface area contributed by atoms with Crippen LogP contribution < -0.4 is 0 Å². The number of rotatable bonds is 4. The fraction of sp³-hybridized carbons (Fsp3) is 0.550. The second-order valence-electron chi connectivity index (χ2n) is 7.44. The Morgan fingerprint density at radius 1 is 1.28 bits per heavy atom. The molecule has 5 nitrogen and oxygen atoms in total. The summed E-state index contributed by atoms with van der Waals surface area (Å²) in [6, 6.07) is 8.60. The van der Waals surface area contributed by atoms with Gasteiger partial charge in [0.2, 0.25) is 5.91 Å². The van der Waals surface area contributed by atoms with E-state index in [-0.39, 0.29) is 5.92 Å². The van der Waals surface area contributed by atoms with Crippen LogP contribution >= 0.6 is 0 Å². The summed E-state index contributed by atoms with van der Waals surface area (Å²) in [6.07, 6.45) is 4.80. The smallest absolute Gasteiger partial charge is 0.226 e. The number of carbonyl (C=O) groups excluding carboxylic acids is 1. The molecule has 2 atom stereocenters. The lowest BCUT2D eigenvalue weighted by Gasteiger charge is -2.32. The summed E-state index contributed by atoms with van der Waals surface area (Å²) in [5.74, 6) is 2.48. The topological polar surface area (TPSA) is 51.0 Å². The molecule has 1 aliphatic heterocycles. The van der Waals surface area contributed by atoms with Crippen LogP contribution in [0.5, 0.6) is 0 Å². The first kappa shape index (κ1) is 16.3. The molecule has 0 N–H and O–H groups in total. The van der Waals surface area contributed by atoms with E-state index in [2.05, 4.69) is 57.8 Å². The van der Waals surface area contributed by atoms with Gasteiger partial charge in [-0.1, -0.05) is 29.8 Å². The number of amides is 1. The molecular formula is C20H26N4O. The highest BCUT2D eigenvalue weighted by Crippen LogP contribution is 2.49. The minimum atomic E-state index is 0.192. The number of hydrogen-bond donors (Lipinski definition) is 0. The van der Waals surface area contributed by atoms with Gasteiger partial charge in [-0.05, 0) is 44.6 Å². The Morgan fingerprint density at radius 3 is 2.80 bits per heavy atom. The Balaban J connectivity index is 1.35. The molecule has 1 aliphatic carbocycles. The molecule has 0 radical (unpaired) electrons. The minimum absolute atomic E-state index is 0.192. The van der Waals surface area contributed by atoms with Crippen LogP contribution in [-0.4, -0.2) is 38.7 Å². The lowest BCUT2D eigenvalue weighted by molar-refractivity contribution is -0.133. The number of hydrogen-bond acceptors (Lipinski definition) is 3. The van der Waals surface area contributed by atoms with Crippen LogP contribution in [0.25, 0.3) is 0 Å². The van der Waals surface area contributed by atoms with Gasteiger partial charge < -0.3 is 9.47 Å². The molecule has 1 saturated carbocycles. The van der Waals surface area contributed by atoms with E-state index in [9.17, 15) is 4.79 Å². The number of likely N-dealkylation sites (tertiary alicyclic amines) is 1. The maximum absolute atomic E-state index is 12.8. The van der Waals surface area contributed by atoms with Crippen LogP contribution in [0.1, 0.15) is 55.0 Å². The van der Waals surface area contributed by atoms with Crippen LogP contribution in [0.15, 0.2) is 30.6 Å². The number of carbonyl (C=O) groups is 1. The van der Waals surface area contributed by atoms with Crippen LogP contribution in [0.3, 0.4) is 0 Å². The van der Waals surface area contributed by atoms with Gasteiger partial charge in [-0.15, -0.1) is 10.2 Å². The third-order valence-electron chi connectivity index (χ3n) is 5.74. The van der Waals surface area contributed by atoms with E-state index in [0.717, 1.165) is 44.7 Å². The molecular weight excluding hydrogens is 312 g/mol. The van der Waals surface area contributed by atoms with Gasteiger partial charge in [-0.3, -0.25) is 4.79 Å². The van der Waals surface area contributed by atoms with Gasteiger partial charge in [0.1, 0.15) is 12.2 Å². The van der Waals surface area contributed by atoms with Crippen molar-refractivity contribution in [3.05, 3.63) is 47.5 Å². The van der Waals surface area contributed by atoms with E-state index in [1.54, 1.807) is 0 Å². The summed E-state index contributed by atoms with van der Waals surface area (Å²) in [4.78, 5) is 14.9. The first-order valence-electron chi connectivity index (χ1n) is 9.40. The van der Waals surface area contributed by atoms with E-state index in [4.69, 9.17) is 0 Å². The second-order valence-corrected chi connectivity index (χ2v) is 7.44. The van der Waals surface area contributed by atoms with Gasteiger partial charge >= 0.3 is 0 Å². The molecule has 132 valence electrons. The molecule has 4 rings (SSSR count). The molecule has 0 unspecified atom stereocenters. The Bertz CT molecular complexity index is 761. The maximum Gasteiger partial charge on any atom is 0.226 e. The molecule has 0 bridgehead atoms. The highest BCUT2D eigenvalue weighted by atomic mass is 16.2. The Kier molecular flexibility index (Phi) is 4.32. The summed E-state index contributed by atoms with van der Waals surface area (Å²) in [7, 11) is 0. The van der Waals surface area contributed by atoms with Gasteiger partial charge in [0, 0.05) is 31.5 Å². The van der Waals surface area contributed by atoms with Crippen molar-refractivity contribution in [1.29, 1.82) is 0 Å². The lowest BCUT2D eigenvalue weighted by Crippen LogP contribution is -2.39. The van der Waals surface area contributed by atoms with E-state index in [1.165, 1.54) is 11.1 Å². The SMILES string of the molecule is CCn1cnnc1C1CCN(C(=O)[C@@H]2C[C@H]2c2cccc(C)c2)CC1. The molecule has 1 amide bonds. The number of benzene rings is 1. The fourth-order valence-electron chi connectivity index (χ4n) is 4.15. The van der Waals surface area contributed by atoms with Gasteiger partial charge in [0.15, 0.2) is 0 Å². The molecule has 1 aromatic carbocycles. The zero-order valence-corrected chi connectivity index (χ0v) is 15.1. The number of aromatic nitrogens is 3. The fourth-order valence-corrected chi connectivity index (χ4v) is 4.15. The third-order valence-corrected chi connectivity index (χ3v) is 5.74. The quantitative estimate of drug-likeness (QED) is 0.861. The van der Waals surface area contributed by atoms with E-state index < -0.39 is 0 Å². The van der Waals surface area contributed by atoms with Crippen molar-refractivity contribution in [2.45, 2.75) is 51.5 Å². The van der Waals surface area contributed by atoms with Crippen LogP contribution in [-0.2, 0) is 11.3 Å². The minimum Gasteiger partial charge on any atom is -0.342 e. The molecule has 5 heteroatoms. The van der Waals surface area contributed by atoms with Crippen molar-refractivity contribution >= 4 is 5.91 Å². The van der Waals surface area contributed by atoms with E-state index in [1.807, 2.05) is 6.33 Å². The summed E-state index contributed by atoms with van der Waals surface area (Å²) in [5.41, 5.74) is 2.60. The Hall–Kier alpha value is -2.17. The lowest BCUT2D eigenvalue weighted by atomic mass is 9.95. The second kappa shape index (κ2) is 6.62. The predicted molar refractivity (Wildman–Crippen MR) is 96.3 cm³/mol. The molecule has 2 fully saturated rings. The zero-order chi connectivity index (χ0) is 17.4. The summed E-state index contributed by atoms with van der Waals surface area (Å²) in [6.45, 7) is 6.82. The summed E-state index contributed by atoms with van der Waals surface area (Å²) in [5, 5.41) is 8.34. The van der Waals surface area contributed by atoms with Crippen LogP contribution in [0.2, 0.25) is 0 Å². The Labute approximate surface area is 149 Å². The highest BCUT2D eigenvalue weighted by Gasteiger charge is 2.46. The van der Waals surface area contributed by atoms with Gasteiger partial charge in [-0.2, -0.15) is 0 Å². The molecule has 0 spiro atoms. The summed E-state index contributed by atoms with van der Waals surface area (Å²) >= 11 is 0. The van der Waals surface area contributed by atoms with E-state index >= 15 is 0 Å². The molecule has 2 aromatic rings. The normalized spacial score (nSPS) is 23.7. The third kappa shape index (κ3) is 3.20. The largest absolute Gasteiger partial charge is 0.342 e. The zero-order valence-electron chi connectivity index (χ0n) is 15.1. The molecule has 1 aromatic heterocycles. The maximum atomic E-state index is 12.8. The predicted octanol–water partition coefficient (Wildman–Crippen LogP) is 3.12. The number of aryl methyl sites for hydroxylation is 2. The van der Waals surface area contributed by atoms with Crippen LogP contribution in [0.4, 0.5) is 0 Å². The molecule has 25 heavy (non-hydrogen) atoms. The average Bonchev–Trinajstić information content (AvgIpc) is 3.30. The average molecular weight is 338 g/mol. The van der Waals surface area contributed by atoms with Crippen molar-refractivity contribution in [2.24, 2.45) is 5.92 Å². The molecule has 1 saturated heterocycles. The van der Waals surface area contributed by atoms with Gasteiger partial charge in [-0.25, -0.2) is 0 Å². The molecule has 2 heterocycles. The van der Waals surface area contributed by atoms with Crippen molar-refractivity contribution in [2.75, 3.05) is 13.1 Å². The molecule has 2 aliphatic rings. The number of nitrogens with zero attached hydrogens (tertiary/aromatic N) is 4.